The first kappa shape index (κ1) is 12.8. The van der Waals surface area contributed by atoms with Gasteiger partial charge in [-0.2, -0.15) is 0 Å². The third-order valence-corrected chi connectivity index (χ3v) is 4.12. The van der Waals surface area contributed by atoms with Crippen molar-refractivity contribution in [2.24, 2.45) is 0 Å². The number of carbonyl (C=O) groups is 2. The van der Waals surface area contributed by atoms with Crippen molar-refractivity contribution in [2.75, 3.05) is 14.2 Å². The van der Waals surface area contributed by atoms with Gasteiger partial charge in [-0.15, -0.1) is 0 Å². The molecule has 1 atom stereocenters. The quantitative estimate of drug-likeness (QED) is 0.462. The second kappa shape index (κ2) is 5.18. The fraction of sp³-hybridized carbons (Fsp3) is 0.222. The van der Waals surface area contributed by atoms with Crippen molar-refractivity contribution in [3.05, 3.63) is 21.6 Å². The molecular weight excluding hydrogens is 256 g/mol. The number of hydrogen-bond acceptors (Lipinski definition) is 5. The van der Waals surface area contributed by atoms with Gasteiger partial charge < -0.3 is 14.6 Å². The minimum atomic E-state index is -1.30. The van der Waals surface area contributed by atoms with E-state index in [0.29, 0.717) is 0 Å². The summed E-state index contributed by atoms with van der Waals surface area (Å²) in [4.78, 5) is 22.5. The fourth-order valence-corrected chi connectivity index (χ4v) is 3.05. The summed E-state index contributed by atoms with van der Waals surface area (Å²) in [6, 6.07) is 0. The SMILES string of the molecule is COC(=O)C(C(=O)OC)=S1C(O)=CC=C1Cl. The molecule has 0 aromatic carbocycles. The molecule has 1 N–H and O–H groups in total. The second-order valence-corrected chi connectivity index (χ2v) is 5.10. The summed E-state index contributed by atoms with van der Waals surface area (Å²) in [5.41, 5.74) is 0. The molecule has 1 aliphatic heterocycles. The van der Waals surface area contributed by atoms with E-state index in [0.717, 1.165) is 14.2 Å². The van der Waals surface area contributed by atoms with Gasteiger partial charge in [-0.25, -0.2) is 9.59 Å². The molecule has 7 heteroatoms. The fourth-order valence-electron chi connectivity index (χ4n) is 1.01. The molecule has 0 amide bonds. The van der Waals surface area contributed by atoms with Gasteiger partial charge in [0.25, 0.3) is 0 Å². The van der Waals surface area contributed by atoms with Gasteiger partial charge in [-0.1, -0.05) is 22.1 Å². The average Bonchev–Trinajstić information content (AvgIpc) is 2.60. The maximum Gasteiger partial charge on any atom is 0.351 e. The number of methoxy groups -OCH3 is 2. The van der Waals surface area contributed by atoms with Crippen molar-refractivity contribution in [3.63, 3.8) is 0 Å². The summed E-state index contributed by atoms with van der Waals surface area (Å²) in [5, 5.41) is 9.35. The number of hydrogen-bond donors (Lipinski definition) is 1. The lowest BCUT2D eigenvalue weighted by molar-refractivity contribution is -0.137. The Balaban J connectivity index is 3.35. The first-order valence-electron chi connectivity index (χ1n) is 4.07. The molecule has 0 aliphatic carbocycles. The summed E-state index contributed by atoms with van der Waals surface area (Å²) in [6.45, 7) is 0. The Kier molecular flexibility index (Phi) is 4.14. The van der Waals surface area contributed by atoms with E-state index in [1.165, 1.54) is 12.2 Å². The van der Waals surface area contributed by atoms with E-state index >= 15 is 0 Å². The molecule has 16 heavy (non-hydrogen) atoms. The van der Waals surface area contributed by atoms with E-state index in [2.05, 4.69) is 9.47 Å². The summed E-state index contributed by atoms with van der Waals surface area (Å²) in [5.74, 6) is -1.74. The van der Waals surface area contributed by atoms with Crippen LogP contribution in [0.4, 0.5) is 0 Å². The maximum atomic E-state index is 11.4. The van der Waals surface area contributed by atoms with Crippen LogP contribution in [-0.2, 0) is 19.1 Å². The van der Waals surface area contributed by atoms with Crippen LogP contribution in [0, 0.1) is 0 Å². The van der Waals surface area contributed by atoms with Gasteiger partial charge in [0.05, 0.1) is 18.6 Å². The smallest absolute Gasteiger partial charge is 0.351 e. The Morgan fingerprint density at radius 3 is 2.06 bits per heavy atom. The third kappa shape index (κ3) is 2.28. The average molecular weight is 265 g/mol. The Morgan fingerprint density at radius 2 is 1.75 bits per heavy atom. The lowest BCUT2D eigenvalue weighted by Gasteiger charge is -2.09. The topological polar surface area (TPSA) is 72.8 Å². The van der Waals surface area contributed by atoms with Gasteiger partial charge in [0.1, 0.15) is 0 Å². The lowest BCUT2D eigenvalue weighted by Crippen LogP contribution is -2.26. The molecule has 1 heterocycles. The van der Waals surface area contributed by atoms with Crippen LogP contribution in [0.25, 0.3) is 0 Å². The Bertz CT molecular complexity index is 397. The van der Waals surface area contributed by atoms with Crippen LogP contribution in [0.1, 0.15) is 0 Å². The van der Waals surface area contributed by atoms with Gasteiger partial charge in [0, 0.05) is 0 Å². The summed E-state index contributed by atoms with van der Waals surface area (Å²) >= 11 is 5.79. The zero-order chi connectivity index (χ0) is 12.3. The van der Waals surface area contributed by atoms with Gasteiger partial charge >= 0.3 is 11.9 Å². The standard InChI is InChI=1S/C9H9ClO5S/c1-14-8(12)7(9(13)15-2)16-5(10)3-4-6(16)11/h3-4,11H,1-2H3. The minimum absolute atomic E-state index is 0.171. The number of carbonyl (C=O) groups excluding carboxylic acids is 2. The minimum Gasteiger partial charge on any atom is -0.502 e. The molecule has 0 bridgehead atoms. The second-order valence-electron chi connectivity index (χ2n) is 2.59. The Hall–Kier alpha value is -1.27. The van der Waals surface area contributed by atoms with Crippen LogP contribution in [0.5, 0.6) is 0 Å². The largest absolute Gasteiger partial charge is 0.502 e. The highest BCUT2D eigenvalue weighted by molar-refractivity contribution is 8.25. The molecule has 0 spiro atoms. The summed E-state index contributed by atoms with van der Waals surface area (Å²) < 4.78 is 9.08. The molecule has 1 rings (SSSR count). The van der Waals surface area contributed by atoms with Gasteiger partial charge in [-0.05, 0) is 12.2 Å². The van der Waals surface area contributed by atoms with Crippen LogP contribution in [0.2, 0.25) is 0 Å². The van der Waals surface area contributed by atoms with Crippen molar-refractivity contribution < 1.29 is 24.2 Å². The van der Waals surface area contributed by atoms with E-state index < -0.39 is 22.4 Å². The van der Waals surface area contributed by atoms with Crippen molar-refractivity contribution in [3.8, 4) is 0 Å². The van der Waals surface area contributed by atoms with E-state index in [1.807, 2.05) is 0 Å². The number of esters is 2. The third-order valence-electron chi connectivity index (χ3n) is 1.71. The zero-order valence-electron chi connectivity index (χ0n) is 8.52. The molecule has 88 valence electrons. The lowest BCUT2D eigenvalue weighted by atomic mass is 10.4. The predicted molar refractivity (Wildman–Crippen MR) is 61.3 cm³/mol. The van der Waals surface area contributed by atoms with Crippen LogP contribution in [0.15, 0.2) is 21.6 Å². The van der Waals surface area contributed by atoms with Crippen LogP contribution in [-0.4, -0.2) is 36.1 Å². The predicted octanol–water partition coefficient (Wildman–Crippen LogP) is 1.27. The van der Waals surface area contributed by atoms with Crippen molar-refractivity contribution in [1.82, 2.24) is 0 Å². The molecule has 0 aromatic heterocycles. The molecule has 0 saturated heterocycles. The van der Waals surface area contributed by atoms with E-state index in [4.69, 9.17) is 11.6 Å². The highest BCUT2D eigenvalue weighted by atomic mass is 35.5. The van der Waals surface area contributed by atoms with Crippen molar-refractivity contribution in [2.45, 2.75) is 0 Å². The van der Waals surface area contributed by atoms with E-state index in [1.54, 1.807) is 0 Å². The maximum absolute atomic E-state index is 11.4. The van der Waals surface area contributed by atoms with Crippen LogP contribution in [0.3, 0.4) is 0 Å². The van der Waals surface area contributed by atoms with Crippen molar-refractivity contribution in [1.29, 1.82) is 0 Å². The van der Waals surface area contributed by atoms with Crippen molar-refractivity contribution >= 4 is 38.9 Å². The highest BCUT2D eigenvalue weighted by Gasteiger charge is 2.29. The zero-order valence-corrected chi connectivity index (χ0v) is 10.1. The van der Waals surface area contributed by atoms with Crippen LogP contribution >= 0.6 is 22.1 Å². The van der Waals surface area contributed by atoms with E-state index in [9.17, 15) is 14.7 Å². The summed E-state index contributed by atoms with van der Waals surface area (Å²) in [7, 11) is 0.952. The molecule has 5 nitrogen and oxygen atoms in total. The molecule has 0 radical (unpaired) electrons. The normalized spacial score (nSPS) is 18.6. The van der Waals surface area contributed by atoms with Gasteiger partial charge in [-0.3, -0.25) is 0 Å². The first-order chi connectivity index (χ1) is 7.52. The molecule has 1 unspecified atom stereocenters. The molecule has 0 fully saturated rings. The number of aliphatic hydroxyl groups is 1. The Labute approximate surface area is 99.2 Å². The molecular formula is C9H9ClO5S. The van der Waals surface area contributed by atoms with Gasteiger partial charge in [0.15, 0.2) is 9.96 Å². The number of allylic oxidation sites excluding steroid dienone is 2. The Morgan fingerprint density at radius 1 is 1.25 bits per heavy atom. The number of rotatable bonds is 2. The van der Waals surface area contributed by atoms with E-state index in [-0.39, 0.29) is 14.3 Å². The monoisotopic (exact) mass is 264 g/mol. The first-order valence-corrected chi connectivity index (χ1v) is 5.67. The van der Waals surface area contributed by atoms with Gasteiger partial charge in [0.2, 0.25) is 0 Å². The molecule has 1 aliphatic rings. The number of halogens is 1. The summed E-state index contributed by atoms with van der Waals surface area (Å²) in [6.07, 6.45) is 2.73. The molecule has 0 aromatic rings. The molecule has 0 saturated carbocycles. The highest BCUT2D eigenvalue weighted by Crippen LogP contribution is 2.41. The number of ether oxygens (including phenoxy) is 2. The number of aliphatic hydroxyl groups excluding tert-OH is 1. The van der Waals surface area contributed by atoms with Crippen LogP contribution < -0.4 is 0 Å².